The first-order valence-corrected chi connectivity index (χ1v) is 8.59. The van der Waals surface area contributed by atoms with Gasteiger partial charge >= 0.3 is 0 Å². The fourth-order valence-corrected chi connectivity index (χ4v) is 2.52. The van der Waals surface area contributed by atoms with Gasteiger partial charge in [0.25, 0.3) is 11.8 Å². The molecule has 0 unspecified atom stereocenters. The number of carbonyl (C=O) groups excluding carboxylic acids is 2. The molecule has 7 nitrogen and oxygen atoms in total. The van der Waals surface area contributed by atoms with Crippen LogP contribution in [0.5, 0.6) is 0 Å². The van der Waals surface area contributed by atoms with Crippen molar-refractivity contribution in [3.8, 4) is 0 Å². The van der Waals surface area contributed by atoms with E-state index in [1.165, 1.54) is 6.08 Å². The summed E-state index contributed by atoms with van der Waals surface area (Å²) >= 11 is 0. The van der Waals surface area contributed by atoms with Crippen LogP contribution in [-0.2, 0) is 0 Å². The summed E-state index contributed by atoms with van der Waals surface area (Å²) in [6, 6.07) is 14.3. The van der Waals surface area contributed by atoms with E-state index in [1.54, 1.807) is 36.4 Å². The summed E-state index contributed by atoms with van der Waals surface area (Å²) in [6.45, 7) is 7.43. The predicted octanol–water partition coefficient (Wildman–Crippen LogP) is 3.64. The predicted molar refractivity (Wildman–Crippen MR) is 108 cm³/mol. The number of nitrogens with zero attached hydrogens (tertiary/aromatic N) is 3. The van der Waals surface area contributed by atoms with Gasteiger partial charge in [0.2, 0.25) is 11.9 Å². The van der Waals surface area contributed by atoms with Crippen molar-refractivity contribution in [2.45, 2.75) is 13.8 Å². The second kappa shape index (κ2) is 8.22. The number of aryl methyl sites for hydroxylation is 2. The number of rotatable bonds is 5. The Balaban J connectivity index is 1.82. The third-order valence-corrected chi connectivity index (χ3v) is 3.85. The van der Waals surface area contributed by atoms with Gasteiger partial charge in [0.05, 0.1) is 0 Å². The number of hydrogen-bond acceptors (Lipinski definition) is 5. The molecular weight excluding hydrogens is 354 g/mol. The highest BCUT2D eigenvalue weighted by Crippen LogP contribution is 2.12. The quantitative estimate of drug-likeness (QED) is 0.712. The van der Waals surface area contributed by atoms with E-state index in [1.807, 2.05) is 26.0 Å². The van der Waals surface area contributed by atoms with E-state index in [0.29, 0.717) is 11.1 Å². The molecule has 0 fully saturated rings. The molecule has 3 rings (SSSR count). The molecule has 2 aromatic carbocycles. The molecule has 2 N–H and O–H groups in total. The van der Waals surface area contributed by atoms with E-state index in [4.69, 9.17) is 0 Å². The van der Waals surface area contributed by atoms with Crippen LogP contribution in [0.2, 0.25) is 0 Å². The fraction of sp³-hybridized carbons (Fsp3) is 0.0952. The Labute approximate surface area is 162 Å². The zero-order valence-corrected chi connectivity index (χ0v) is 15.6. The molecule has 1 heterocycles. The number of carbonyl (C=O) groups is 2. The third kappa shape index (κ3) is 4.64. The van der Waals surface area contributed by atoms with Gasteiger partial charge in [-0.25, -0.2) is 0 Å². The van der Waals surface area contributed by atoms with Crippen LogP contribution in [0.3, 0.4) is 0 Å². The zero-order chi connectivity index (χ0) is 20.1. The number of amides is 2. The first kappa shape index (κ1) is 18.9. The normalized spacial score (nSPS) is 10.2. The van der Waals surface area contributed by atoms with Crippen LogP contribution in [0.1, 0.15) is 37.7 Å². The standard InChI is InChI=1S/C21H19N5O2/c1-4-17-22-20(24-18(27)15-9-5-7-13(2)11-15)26-21(23-17)25-19(28)16-10-6-8-14(3)12-16/h4-12H,1H2,2-3H3,(H2,22,23,24,25,26,27,28). The molecule has 140 valence electrons. The van der Waals surface area contributed by atoms with Gasteiger partial charge in [-0.1, -0.05) is 42.0 Å². The van der Waals surface area contributed by atoms with Gasteiger partial charge < -0.3 is 0 Å². The summed E-state index contributed by atoms with van der Waals surface area (Å²) in [5.74, 6) is -0.442. The van der Waals surface area contributed by atoms with Crippen molar-refractivity contribution in [2.24, 2.45) is 0 Å². The molecule has 0 radical (unpaired) electrons. The first-order valence-electron chi connectivity index (χ1n) is 8.59. The smallest absolute Gasteiger partial charge is 0.258 e. The Morgan fingerprint density at radius 1 is 0.821 bits per heavy atom. The van der Waals surface area contributed by atoms with E-state index in [0.717, 1.165) is 11.1 Å². The van der Waals surface area contributed by atoms with Crippen LogP contribution in [0.4, 0.5) is 11.9 Å². The van der Waals surface area contributed by atoms with Crippen molar-refractivity contribution in [2.75, 3.05) is 10.6 Å². The minimum Gasteiger partial charge on any atom is -0.290 e. The highest BCUT2D eigenvalue weighted by Gasteiger charge is 2.13. The molecule has 1 aromatic heterocycles. The molecule has 3 aromatic rings. The van der Waals surface area contributed by atoms with Crippen LogP contribution in [0.15, 0.2) is 55.1 Å². The molecule has 28 heavy (non-hydrogen) atoms. The molecule has 0 aliphatic rings. The molecule has 0 saturated carbocycles. The van der Waals surface area contributed by atoms with Crippen LogP contribution < -0.4 is 10.6 Å². The lowest BCUT2D eigenvalue weighted by atomic mass is 10.1. The van der Waals surface area contributed by atoms with Gasteiger partial charge in [0.15, 0.2) is 5.82 Å². The average Bonchev–Trinajstić information content (AvgIpc) is 2.67. The van der Waals surface area contributed by atoms with Gasteiger partial charge in [0, 0.05) is 11.1 Å². The number of benzene rings is 2. The van der Waals surface area contributed by atoms with E-state index in [-0.39, 0.29) is 29.5 Å². The van der Waals surface area contributed by atoms with Crippen LogP contribution >= 0.6 is 0 Å². The number of nitrogens with one attached hydrogen (secondary N) is 2. The number of anilines is 2. The van der Waals surface area contributed by atoms with Gasteiger partial charge in [-0.05, 0) is 44.2 Å². The Morgan fingerprint density at radius 3 is 1.68 bits per heavy atom. The highest BCUT2D eigenvalue weighted by molar-refractivity contribution is 6.04. The summed E-state index contributed by atoms with van der Waals surface area (Å²) in [6.07, 6.45) is 1.41. The van der Waals surface area contributed by atoms with Gasteiger partial charge in [-0.2, -0.15) is 15.0 Å². The molecule has 0 spiro atoms. The molecule has 0 bridgehead atoms. The highest BCUT2D eigenvalue weighted by atomic mass is 16.2. The van der Waals surface area contributed by atoms with Crippen molar-refractivity contribution in [3.63, 3.8) is 0 Å². The van der Waals surface area contributed by atoms with Gasteiger partial charge in [0.1, 0.15) is 0 Å². The molecule has 0 saturated heterocycles. The van der Waals surface area contributed by atoms with Gasteiger partial charge in [-0.3, -0.25) is 20.2 Å². The molecule has 0 atom stereocenters. The molecular formula is C21H19N5O2. The summed E-state index contributed by atoms with van der Waals surface area (Å²) in [5.41, 5.74) is 2.87. The topological polar surface area (TPSA) is 96.9 Å². The summed E-state index contributed by atoms with van der Waals surface area (Å²) in [4.78, 5) is 37.2. The maximum atomic E-state index is 12.4. The van der Waals surface area contributed by atoms with Crippen LogP contribution in [0, 0.1) is 13.8 Å². The lowest BCUT2D eigenvalue weighted by Gasteiger charge is -2.08. The van der Waals surface area contributed by atoms with E-state index >= 15 is 0 Å². The van der Waals surface area contributed by atoms with Crippen molar-refractivity contribution in [3.05, 3.63) is 83.2 Å². The zero-order valence-electron chi connectivity index (χ0n) is 15.6. The molecule has 0 aliphatic carbocycles. The first-order chi connectivity index (χ1) is 13.4. The SMILES string of the molecule is C=Cc1nc(NC(=O)c2cccc(C)c2)nc(NC(=O)c2cccc(C)c2)n1. The fourth-order valence-electron chi connectivity index (χ4n) is 2.52. The largest absolute Gasteiger partial charge is 0.290 e. The molecule has 2 amide bonds. The summed E-state index contributed by atoms with van der Waals surface area (Å²) < 4.78 is 0. The number of hydrogen-bond donors (Lipinski definition) is 2. The summed E-state index contributed by atoms with van der Waals surface area (Å²) in [7, 11) is 0. The van der Waals surface area contributed by atoms with E-state index in [9.17, 15) is 9.59 Å². The Morgan fingerprint density at radius 2 is 1.29 bits per heavy atom. The maximum Gasteiger partial charge on any atom is 0.258 e. The maximum absolute atomic E-state index is 12.4. The van der Waals surface area contributed by atoms with Crippen molar-refractivity contribution in [1.29, 1.82) is 0 Å². The summed E-state index contributed by atoms with van der Waals surface area (Å²) in [5, 5.41) is 5.24. The lowest BCUT2D eigenvalue weighted by molar-refractivity contribution is 0.101. The lowest BCUT2D eigenvalue weighted by Crippen LogP contribution is -2.19. The second-order valence-electron chi connectivity index (χ2n) is 6.19. The average molecular weight is 373 g/mol. The van der Waals surface area contributed by atoms with Crippen molar-refractivity contribution in [1.82, 2.24) is 15.0 Å². The van der Waals surface area contributed by atoms with Crippen molar-refractivity contribution >= 4 is 29.8 Å². The minimum atomic E-state index is -0.360. The van der Waals surface area contributed by atoms with Gasteiger partial charge in [-0.15, -0.1) is 0 Å². The molecule has 7 heteroatoms. The van der Waals surface area contributed by atoms with Crippen molar-refractivity contribution < 1.29 is 9.59 Å². The van der Waals surface area contributed by atoms with E-state index < -0.39 is 0 Å². The number of aromatic nitrogens is 3. The monoisotopic (exact) mass is 373 g/mol. The Kier molecular flexibility index (Phi) is 5.55. The molecule has 0 aliphatic heterocycles. The minimum absolute atomic E-state index is 0.0240. The van der Waals surface area contributed by atoms with E-state index in [2.05, 4.69) is 32.2 Å². The van der Waals surface area contributed by atoms with Crippen LogP contribution in [0.25, 0.3) is 6.08 Å². The second-order valence-corrected chi connectivity index (χ2v) is 6.19. The third-order valence-electron chi connectivity index (χ3n) is 3.85. The Bertz CT molecular complexity index is 984. The van der Waals surface area contributed by atoms with Crippen LogP contribution in [-0.4, -0.2) is 26.8 Å². The Hall–Kier alpha value is -3.87.